The van der Waals surface area contributed by atoms with Crippen molar-refractivity contribution < 1.29 is 0 Å². The van der Waals surface area contributed by atoms with Gasteiger partial charge in [-0.25, -0.2) is 9.97 Å². The topological polar surface area (TPSA) is 57.4 Å². The lowest BCUT2D eigenvalue weighted by molar-refractivity contribution is 1.32. The van der Waals surface area contributed by atoms with Crippen molar-refractivity contribution in [2.45, 2.75) is 0 Å². The molecule has 0 radical (unpaired) electrons. The molecule has 0 unspecified atom stereocenters. The van der Waals surface area contributed by atoms with Crippen molar-refractivity contribution >= 4 is 55.8 Å². The highest BCUT2D eigenvalue weighted by Gasteiger charge is 2.19. The Morgan fingerprint density at radius 2 is 1.08 bits per heavy atom. The standard InChI is InChI=1S/C32H20N4/c1-2-4-20-14-29-21(13-19(20)3-1)5-12-28-30-17-26-10-8-24(34-26)15-22-6-7-23(33-22)16-25-9-11-27(35-25)18-31(36-30)32(28)29/h1-18,34-35H. The van der Waals surface area contributed by atoms with Gasteiger partial charge in [-0.3, -0.25) is 0 Å². The molecule has 3 aromatic carbocycles. The maximum absolute atomic E-state index is 5.14. The van der Waals surface area contributed by atoms with Crippen LogP contribution in [-0.4, -0.2) is 19.9 Å². The van der Waals surface area contributed by atoms with Crippen molar-refractivity contribution in [2.75, 3.05) is 0 Å². The van der Waals surface area contributed by atoms with Crippen LogP contribution in [0.25, 0.3) is 78.3 Å². The van der Waals surface area contributed by atoms with E-state index in [9.17, 15) is 0 Å². The van der Waals surface area contributed by atoms with Crippen molar-refractivity contribution in [1.82, 2.24) is 19.9 Å². The number of hydrogen-bond donors (Lipinski definition) is 2. The van der Waals surface area contributed by atoms with Crippen LogP contribution in [0.5, 0.6) is 0 Å². The van der Waals surface area contributed by atoms with Gasteiger partial charge in [-0.15, -0.1) is 0 Å². The van der Waals surface area contributed by atoms with E-state index in [-0.39, 0.29) is 0 Å². The van der Waals surface area contributed by atoms with Gasteiger partial charge in [-0.05, 0) is 94.4 Å². The molecule has 2 aliphatic heterocycles. The zero-order valence-corrected chi connectivity index (χ0v) is 19.3. The van der Waals surface area contributed by atoms with E-state index >= 15 is 0 Å². The second kappa shape index (κ2) is 7.27. The molecule has 0 saturated heterocycles. The molecule has 8 rings (SSSR count). The highest BCUT2D eigenvalue weighted by atomic mass is 14.8. The summed E-state index contributed by atoms with van der Waals surface area (Å²) in [7, 11) is 0. The van der Waals surface area contributed by atoms with Crippen molar-refractivity contribution in [3.05, 3.63) is 108 Å². The van der Waals surface area contributed by atoms with E-state index in [1.807, 2.05) is 12.2 Å². The van der Waals surface area contributed by atoms with Gasteiger partial charge in [0.05, 0.1) is 22.8 Å². The summed E-state index contributed by atoms with van der Waals surface area (Å²) in [5, 5.41) is 4.91. The molecule has 4 heteroatoms. The largest absolute Gasteiger partial charge is 0.355 e. The van der Waals surface area contributed by atoms with Crippen LogP contribution in [0.1, 0.15) is 11.4 Å². The summed E-state index contributed by atoms with van der Waals surface area (Å²) < 4.78 is 0. The molecule has 6 aromatic rings. The van der Waals surface area contributed by atoms with Crippen LogP contribution >= 0.6 is 0 Å². The summed E-state index contributed by atoms with van der Waals surface area (Å²) in [5.41, 5.74) is 10.1. The fourth-order valence-corrected chi connectivity index (χ4v) is 5.33. The van der Waals surface area contributed by atoms with Gasteiger partial charge in [-0.1, -0.05) is 36.4 Å². The molecule has 0 amide bonds. The molecule has 5 heterocycles. The van der Waals surface area contributed by atoms with Crippen LogP contribution in [0.3, 0.4) is 0 Å². The minimum atomic E-state index is 0.928. The summed E-state index contributed by atoms with van der Waals surface area (Å²) in [4.78, 5) is 16.9. The maximum Gasteiger partial charge on any atom is 0.0743 e. The Labute approximate surface area is 206 Å². The smallest absolute Gasteiger partial charge is 0.0743 e. The van der Waals surface area contributed by atoms with E-state index in [4.69, 9.17) is 9.97 Å². The van der Waals surface area contributed by atoms with Crippen LogP contribution in [0.4, 0.5) is 0 Å². The van der Waals surface area contributed by atoms with E-state index in [0.717, 1.165) is 50.4 Å². The van der Waals surface area contributed by atoms with Gasteiger partial charge in [0, 0.05) is 33.2 Å². The average molecular weight is 461 g/mol. The molecular weight excluding hydrogens is 440 g/mol. The maximum atomic E-state index is 5.14. The number of nitrogens with zero attached hydrogens (tertiary/aromatic N) is 2. The van der Waals surface area contributed by atoms with Crippen LogP contribution in [0.2, 0.25) is 0 Å². The van der Waals surface area contributed by atoms with Gasteiger partial charge in [0.1, 0.15) is 0 Å². The second-order valence-electron chi connectivity index (χ2n) is 9.40. The summed E-state index contributed by atoms with van der Waals surface area (Å²) in [6, 6.07) is 34.3. The molecular formula is C32H20N4. The lowest BCUT2D eigenvalue weighted by Crippen LogP contribution is -1.83. The molecule has 4 nitrogen and oxygen atoms in total. The van der Waals surface area contributed by atoms with Crippen LogP contribution in [0, 0.1) is 0 Å². The van der Waals surface area contributed by atoms with Crippen LogP contribution in [-0.2, 0) is 0 Å². The number of benzene rings is 3. The number of nitrogens with one attached hydrogen (secondary N) is 2. The second-order valence-corrected chi connectivity index (χ2v) is 9.40. The van der Waals surface area contributed by atoms with Gasteiger partial charge in [0.2, 0.25) is 0 Å². The SMILES string of the molecule is C1=Cc2cc3ccc(cc4nc(cc5ccc(cc1n2)[nH]5)-c1ccc2cc5ccccc5cc2c1-4)[nH]3. The van der Waals surface area contributed by atoms with Gasteiger partial charge >= 0.3 is 0 Å². The first-order valence-electron chi connectivity index (χ1n) is 12.1. The lowest BCUT2D eigenvalue weighted by Gasteiger charge is -2.08. The molecule has 0 atom stereocenters. The van der Waals surface area contributed by atoms with E-state index in [1.165, 1.54) is 27.1 Å². The summed E-state index contributed by atoms with van der Waals surface area (Å²) in [6.07, 6.45) is 4.08. The van der Waals surface area contributed by atoms with Gasteiger partial charge < -0.3 is 9.97 Å². The Hall–Kier alpha value is -4.96. The third-order valence-electron chi connectivity index (χ3n) is 7.00. The first kappa shape index (κ1) is 19.4. The molecule has 0 saturated carbocycles. The zero-order valence-electron chi connectivity index (χ0n) is 19.3. The number of aromatic amines is 2. The van der Waals surface area contributed by atoms with Crippen LogP contribution < -0.4 is 0 Å². The van der Waals surface area contributed by atoms with Crippen molar-refractivity contribution in [2.24, 2.45) is 0 Å². The molecule has 0 fully saturated rings. The predicted octanol–water partition coefficient (Wildman–Crippen LogP) is 8.13. The Morgan fingerprint density at radius 3 is 1.78 bits per heavy atom. The normalized spacial score (nSPS) is 12.3. The van der Waals surface area contributed by atoms with E-state index in [2.05, 4.69) is 107 Å². The number of H-pyrrole nitrogens is 2. The third-order valence-corrected chi connectivity index (χ3v) is 7.00. The van der Waals surface area contributed by atoms with Crippen molar-refractivity contribution in [1.29, 1.82) is 0 Å². The number of fused-ring (bicyclic) bond motifs is 14. The zero-order chi connectivity index (χ0) is 23.6. The summed E-state index contributed by atoms with van der Waals surface area (Å²) in [6.45, 7) is 0. The minimum absolute atomic E-state index is 0.928. The summed E-state index contributed by atoms with van der Waals surface area (Å²) >= 11 is 0. The molecule has 168 valence electrons. The molecule has 0 spiro atoms. The first-order valence-corrected chi connectivity index (χ1v) is 12.1. The molecule has 36 heavy (non-hydrogen) atoms. The highest BCUT2D eigenvalue weighted by molar-refractivity contribution is 6.10. The Morgan fingerprint density at radius 1 is 0.472 bits per heavy atom. The van der Waals surface area contributed by atoms with Crippen molar-refractivity contribution in [3.63, 3.8) is 0 Å². The fourth-order valence-electron chi connectivity index (χ4n) is 5.33. The lowest BCUT2D eigenvalue weighted by atomic mass is 9.94. The summed E-state index contributed by atoms with van der Waals surface area (Å²) in [5.74, 6) is 0. The molecule has 8 bridgehead atoms. The van der Waals surface area contributed by atoms with Gasteiger partial charge in [-0.2, -0.15) is 0 Å². The molecule has 3 aromatic heterocycles. The Kier molecular flexibility index (Phi) is 3.91. The number of aromatic nitrogens is 4. The van der Waals surface area contributed by atoms with E-state index < -0.39 is 0 Å². The predicted molar refractivity (Wildman–Crippen MR) is 149 cm³/mol. The van der Waals surface area contributed by atoms with E-state index in [0.29, 0.717) is 0 Å². The molecule has 2 N–H and O–H groups in total. The van der Waals surface area contributed by atoms with Crippen molar-refractivity contribution in [3.8, 4) is 22.5 Å². The van der Waals surface area contributed by atoms with E-state index in [1.54, 1.807) is 0 Å². The third kappa shape index (κ3) is 3.08. The van der Waals surface area contributed by atoms with Gasteiger partial charge in [0.25, 0.3) is 0 Å². The number of rotatable bonds is 0. The van der Waals surface area contributed by atoms with Crippen LogP contribution in [0.15, 0.2) is 97.1 Å². The Bertz CT molecular complexity index is 2060. The van der Waals surface area contributed by atoms with Gasteiger partial charge in [0.15, 0.2) is 0 Å². The average Bonchev–Trinajstić information content (AvgIpc) is 3.68. The molecule has 2 aliphatic rings. The number of hydrogen-bond acceptors (Lipinski definition) is 2. The minimum Gasteiger partial charge on any atom is -0.355 e. The first-order chi connectivity index (χ1) is 17.7. The monoisotopic (exact) mass is 460 g/mol. The Balaban J connectivity index is 1.49. The fraction of sp³-hybridized carbons (Fsp3) is 0. The quantitative estimate of drug-likeness (QED) is 0.224. The highest BCUT2D eigenvalue weighted by Crippen LogP contribution is 2.42. The molecule has 0 aliphatic carbocycles.